The molecule has 1 heterocycles. The van der Waals surface area contributed by atoms with Gasteiger partial charge < -0.3 is 10.0 Å². The molecule has 1 N–H and O–H groups in total. The quantitative estimate of drug-likeness (QED) is 0.854. The maximum absolute atomic E-state index is 12.9. The third-order valence-corrected chi connectivity index (χ3v) is 4.42. The number of nitrogens with zero attached hydrogens (tertiary/aromatic N) is 1. The Labute approximate surface area is 139 Å². The number of aryl methyl sites for hydroxylation is 1. The van der Waals surface area contributed by atoms with Crippen molar-refractivity contribution in [3.63, 3.8) is 0 Å². The number of amides is 1. The van der Waals surface area contributed by atoms with Crippen molar-refractivity contribution in [3.05, 3.63) is 34.3 Å². The van der Waals surface area contributed by atoms with Gasteiger partial charge in [0.15, 0.2) is 0 Å². The summed E-state index contributed by atoms with van der Waals surface area (Å²) in [7, 11) is 0. The number of hydrogen-bond donors (Lipinski definition) is 1. The minimum absolute atomic E-state index is 0.0490. The Morgan fingerprint density at radius 2 is 2.00 bits per heavy atom. The summed E-state index contributed by atoms with van der Waals surface area (Å²) in [5, 5.41) is 8.94. The van der Waals surface area contributed by atoms with E-state index in [2.05, 4.69) is 15.9 Å². The summed E-state index contributed by atoms with van der Waals surface area (Å²) in [5.41, 5.74) is 0.883. The highest BCUT2D eigenvalue weighted by atomic mass is 79.9. The molecular weight excluding hydrogens is 379 g/mol. The summed E-state index contributed by atoms with van der Waals surface area (Å²) in [6.45, 7) is -0.978. The first-order chi connectivity index (χ1) is 10.7. The number of halogens is 4. The molecule has 0 bridgehead atoms. The van der Waals surface area contributed by atoms with Crippen LogP contribution in [0.2, 0.25) is 0 Å². The van der Waals surface area contributed by atoms with Crippen molar-refractivity contribution in [3.8, 4) is 0 Å². The first-order valence-corrected chi connectivity index (χ1v) is 7.79. The third-order valence-electron chi connectivity index (χ3n) is 3.93. The van der Waals surface area contributed by atoms with E-state index >= 15 is 0 Å². The van der Waals surface area contributed by atoms with E-state index < -0.39 is 43.0 Å². The molecule has 1 aliphatic heterocycles. The van der Waals surface area contributed by atoms with E-state index in [1.54, 1.807) is 6.07 Å². The largest absolute Gasteiger partial charge is 0.481 e. The van der Waals surface area contributed by atoms with Crippen LogP contribution in [0.5, 0.6) is 0 Å². The Morgan fingerprint density at radius 3 is 2.52 bits per heavy atom. The molecule has 8 heteroatoms. The minimum atomic E-state index is -4.62. The molecule has 0 saturated carbocycles. The topological polar surface area (TPSA) is 57.6 Å². The van der Waals surface area contributed by atoms with Crippen LogP contribution in [-0.4, -0.2) is 41.1 Å². The summed E-state index contributed by atoms with van der Waals surface area (Å²) < 4.78 is 39.5. The van der Waals surface area contributed by atoms with Crippen LogP contribution in [0.15, 0.2) is 28.7 Å². The van der Waals surface area contributed by atoms with Gasteiger partial charge in [-0.2, -0.15) is 13.2 Å². The van der Waals surface area contributed by atoms with Crippen LogP contribution < -0.4 is 0 Å². The maximum Gasteiger partial charge on any atom is 0.394 e. The molecule has 1 saturated heterocycles. The van der Waals surface area contributed by atoms with Crippen LogP contribution in [0.4, 0.5) is 13.2 Å². The minimum Gasteiger partial charge on any atom is -0.481 e. The third kappa shape index (κ3) is 4.46. The Morgan fingerprint density at radius 1 is 1.30 bits per heavy atom. The number of hydrogen-bond acceptors (Lipinski definition) is 2. The van der Waals surface area contributed by atoms with Gasteiger partial charge in [0.25, 0.3) is 0 Å². The van der Waals surface area contributed by atoms with Gasteiger partial charge in [-0.05, 0) is 24.1 Å². The van der Waals surface area contributed by atoms with Crippen molar-refractivity contribution < 1.29 is 27.9 Å². The van der Waals surface area contributed by atoms with Gasteiger partial charge in [-0.25, -0.2) is 0 Å². The number of benzene rings is 1. The fraction of sp³-hybridized carbons (Fsp3) is 0.467. The van der Waals surface area contributed by atoms with Gasteiger partial charge in [0.2, 0.25) is 5.91 Å². The number of carboxylic acids is 1. The molecule has 0 spiro atoms. The summed E-state index contributed by atoms with van der Waals surface area (Å²) in [6.07, 6.45) is -4.18. The SMILES string of the molecule is O=C(O)[C@@H]1CN(C(=O)CCc2cccc(Br)c2)C[C@H]1C(F)(F)F. The summed E-state index contributed by atoms with van der Waals surface area (Å²) >= 11 is 3.30. The maximum atomic E-state index is 12.9. The van der Waals surface area contributed by atoms with E-state index in [1.165, 1.54) is 0 Å². The molecule has 23 heavy (non-hydrogen) atoms. The molecule has 0 aliphatic carbocycles. The predicted octanol–water partition coefficient (Wildman–Crippen LogP) is 3.10. The fourth-order valence-corrected chi connectivity index (χ4v) is 3.14. The molecule has 2 atom stereocenters. The molecule has 1 aliphatic rings. The molecule has 1 amide bonds. The Balaban J connectivity index is 1.99. The Kier molecular flexibility index (Phi) is 5.33. The van der Waals surface area contributed by atoms with E-state index in [1.807, 2.05) is 18.2 Å². The van der Waals surface area contributed by atoms with Gasteiger partial charge in [0, 0.05) is 24.0 Å². The number of carboxylic acid groups (broad SMARTS) is 1. The number of aliphatic carboxylic acids is 1. The van der Waals surface area contributed by atoms with Crippen LogP contribution in [0, 0.1) is 11.8 Å². The lowest BCUT2D eigenvalue weighted by Gasteiger charge is -2.18. The average Bonchev–Trinajstić information content (AvgIpc) is 2.90. The van der Waals surface area contributed by atoms with Crippen LogP contribution in [0.3, 0.4) is 0 Å². The Bertz CT molecular complexity index is 606. The van der Waals surface area contributed by atoms with Crippen LogP contribution >= 0.6 is 15.9 Å². The molecule has 1 aromatic carbocycles. The van der Waals surface area contributed by atoms with E-state index in [0.29, 0.717) is 6.42 Å². The van der Waals surface area contributed by atoms with Crippen LogP contribution in [-0.2, 0) is 16.0 Å². The lowest BCUT2D eigenvalue weighted by molar-refractivity contribution is -0.188. The lowest BCUT2D eigenvalue weighted by Crippen LogP contribution is -2.34. The van der Waals surface area contributed by atoms with E-state index in [0.717, 1.165) is 14.9 Å². The molecule has 126 valence electrons. The first-order valence-electron chi connectivity index (χ1n) is 7.00. The molecule has 0 unspecified atom stereocenters. The summed E-state index contributed by atoms with van der Waals surface area (Å²) in [6, 6.07) is 7.29. The molecular formula is C15H15BrF3NO3. The van der Waals surface area contributed by atoms with Gasteiger partial charge in [-0.3, -0.25) is 9.59 Å². The fourth-order valence-electron chi connectivity index (χ4n) is 2.69. The summed E-state index contributed by atoms with van der Waals surface area (Å²) in [4.78, 5) is 24.1. The molecule has 0 radical (unpaired) electrons. The lowest BCUT2D eigenvalue weighted by atomic mass is 9.96. The average molecular weight is 394 g/mol. The zero-order valence-electron chi connectivity index (χ0n) is 12.0. The van der Waals surface area contributed by atoms with Crippen molar-refractivity contribution >= 4 is 27.8 Å². The first kappa shape index (κ1) is 17.8. The number of rotatable bonds is 4. The highest BCUT2D eigenvalue weighted by Gasteiger charge is 2.53. The molecule has 4 nitrogen and oxygen atoms in total. The zero-order valence-corrected chi connectivity index (χ0v) is 13.6. The highest BCUT2D eigenvalue weighted by molar-refractivity contribution is 9.10. The number of carbonyl (C=O) groups is 2. The van der Waals surface area contributed by atoms with Crippen molar-refractivity contribution in [1.29, 1.82) is 0 Å². The second-order valence-corrected chi connectivity index (χ2v) is 6.44. The smallest absolute Gasteiger partial charge is 0.394 e. The van der Waals surface area contributed by atoms with E-state index in [4.69, 9.17) is 5.11 Å². The highest BCUT2D eigenvalue weighted by Crippen LogP contribution is 2.37. The van der Waals surface area contributed by atoms with Gasteiger partial charge in [0.1, 0.15) is 0 Å². The molecule has 2 rings (SSSR count). The number of carbonyl (C=O) groups excluding carboxylic acids is 1. The number of alkyl halides is 3. The monoisotopic (exact) mass is 393 g/mol. The predicted molar refractivity (Wildman–Crippen MR) is 79.7 cm³/mol. The van der Waals surface area contributed by atoms with Gasteiger partial charge in [0.05, 0.1) is 11.8 Å². The zero-order chi connectivity index (χ0) is 17.2. The van der Waals surface area contributed by atoms with Crippen molar-refractivity contribution in [2.45, 2.75) is 19.0 Å². The van der Waals surface area contributed by atoms with E-state index in [9.17, 15) is 22.8 Å². The molecule has 0 aromatic heterocycles. The van der Waals surface area contributed by atoms with Crippen LogP contribution in [0.1, 0.15) is 12.0 Å². The standard InChI is InChI=1S/C15H15BrF3NO3/c16-10-3-1-2-9(6-10)4-5-13(21)20-7-11(14(22)23)12(8-20)15(17,18)19/h1-3,6,11-12H,4-5,7-8H2,(H,22,23)/t11-,12-/m1/s1. The van der Waals surface area contributed by atoms with Crippen LogP contribution in [0.25, 0.3) is 0 Å². The Hall–Kier alpha value is -1.57. The normalized spacial score (nSPS) is 21.5. The molecule has 1 fully saturated rings. The van der Waals surface area contributed by atoms with E-state index in [-0.39, 0.29) is 6.42 Å². The van der Waals surface area contributed by atoms with Gasteiger partial charge >= 0.3 is 12.1 Å². The van der Waals surface area contributed by atoms with Gasteiger partial charge in [-0.1, -0.05) is 28.1 Å². The molecule has 1 aromatic rings. The number of likely N-dealkylation sites (tertiary alicyclic amines) is 1. The second kappa shape index (κ2) is 6.90. The second-order valence-electron chi connectivity index (χ2n) is 5.52. The van der Waals surface area contributed by atoms with Crippen molar-refractivity contribution in [2.24, 2.45) is 11.8 Å². The summed E-state index contributed by atoms with van der Waals surface area (Å²) in [5.74, 6) is -5.57. The van der Waals surface area contributed by atoms with Gasteiger partial charge in [-0.15, -0.1) is 0 Å². The van der Waals surface area contributed by atoms with Crippen molar-refractivity contribution in [1.82, 2.24) is 4.90 Å². The van der Waals surface area contributed by atoms with Crippen molar-refractivity contribution in [2.75, 3.05) is 13.1 Å².